The van der Waals surface area contributed by atoms with Gasteiger partial charge in [-0.1, -0.05) is 17.7 Å². The molecule has 0 aromatic heterocycles. The molecule has 3 rings (SSSR count). The minimum Gasteiger partial charge on any atom is -0.493 e. The zero-order valence-electron chi connectivity index (χ0n) is 20.3. The first-order valence-electron chi connectivity index (χ1n) is 11.2. The molecule has 180 valence electrons. The second-order valence-corrected chi connectivity index (χ2v) is 10.7. The third-order valence-corrected chi connectivity index (χ3v) is 8.06. The summed E-state index contributed by atoms with van der Waals surface area (Å²) in [5.74, 6) is 0.677. The van der Waals surface area contributed by atoms with Crippen LogP contribution in [0.4, 0.5) is 5.69 Å². The molecule has 0 spiro atoms. The Hall–Kier alpha value is -2.58. The molecule has 1 heterocycles. The van der Waals surface area contributed by atoms with Crippen molar-refractivity contribution in [3.8, 4) is 11.5 Å². The maximum Gasteiger partial charge on any atom is 0.243 e. The van der Waals surface area contributed by atoms with Crippen molar-refractivity contribution in [1.29, 1.82) is 0 Å². The summed E-state index contributed by atoms with van der Waals surface area (Å²) < 4.78 is 38.3. The lowest BCUT2D eigenvalue weighted by molar-refractivity contribution is -0.123. The van der Waals surface area contributed by atoms with E-state index in [-0.39, 0.29) is 22.8 Å². The van der Waals surface area contributed by atoms with Gasteiger partial charge in [-0.25, -0.2) is 8.42 Å². The SMILES string of the molecule is COc1ccc(S(=O)(=O)N2CCC(C(=O)N(c3ccc(C)cc3C)C(C)C)CC2)cc1OC. The molecule has 0 saturated carbocycles. The Balaban J connectivity index is 1.76. The molecular weight excluding hydrogens is 440 g/mol. The third-order valence-electron chi connectivity index (χ3n) is 6.16. The number of hydrogen-bond acceptors (Lipinski definition) is 5. The van der Waals surface area contributed by atoms with Gasteiger partial charge in [-0.3, -0.25) is 4.79 Å². The van der Waals surface area contributed by atoms with Crippen LogP contribution in [0.2, 0.25) is 0 Å². The summed E-state index contributed by atoms with van der Waals surface area (Å²) in [7, 11) is -0.716. The molecule has 1 amide bonds. The molecule has 7 nitrogen and oxygen atoms in total. The first kappa shape index (κ1) is 25.1. The van der Waals surface area contributed by atoms with Gasteiger partial charge >= 0.3 is 0 Å². The summed E-state index contributed by atoms with van der Waals surface area (Å²) in [6.45, 7) is 8.66. The van der Waals surface area contributed by atoms with E-state index in [0.29, 0.717) is 37.4 Å². The first-order chi connectivity index (χ1) is 15.6. The van der Waals surface area contributed by atoms with Gasteiger partial charge < -0.3 is 14.4 Å². The van der Waals surface area contributed by atoms with Gasteiger partial charge in [0.1, 0.15) is 0 Å². The molecule has 0 N–H and O–H groups in total. The largest absolute Gasteiger partial charge is 0.493 e. The lowest BCUT2D eigenvalue weighted by Crippen LogP contribution is -2.46. The average Bonchev–Trinajstić information content (AvgIpc) is 2.79. The highest BCUT2D eigenvalue weighted by molar-refractivity contribution is 7.89. The number of anilines is 1. The van der Waals surface area contributed by atoms with E-state index >= 15 is 0 Å². The van der Waals surface area contributed by atoms with Crippen LogP contribution in [-0.2, 0) is 14.8 Å². The van der Waals surface area contributed by atoms with Crippen LogP contribution < -0.4 is 14.4 Å². The second kappa shape index (κ2) is 10.1. The van der Waals surface area contributed by atoms with E-state index in [9.17, 15) is 13.2 Å². The van der Waals surface area contributed by atoms with Crippen molar-refractivity contribution in [1.82, 2.24) is 4.31 Å². The summed E-state index contributed by atoms with van der Waals surface area (Å²) in [4.78, 5) is 15.5. The summed E-state index contributed by atoms with van der Waals surface area (Å²) in [5, 5.41) is 0. The summed E-state index contributed by atoms with van der Waals surface area (Å²) in [6, 6.07) is 10.7. The number of benzene rings is 2. The van der Waals surface area contributed by atoms with Crippen LogP contribution in [-0.4, -0.2) is 52.0 Å². The number of hydrogen-bond donors (Lipinski definition) is 0. The highest BCUT2D eigenvalue weighted by Gasteiger charge is 2.35. The van der Waals surface area contributed by atoms with E-state index in [2.05, 4.69) is 6.07 Å². The Kier molecular flexibility index (Phi) is 7.69. The fourth-order valence-corrected chi connectivity index (χ4v) is 5.88. The molecule has 2 aromatic carbocycles. The van der Waals surface area contributed by atoms with Gasteiger partial charge in [-0.05, 0) is 64.3 Å². The van der Waals surface area contributed by atoms with E-state index in [1.165, 1.54) is 30.7 Å². The number of piperidine rings is 1. The van der Waals surface area contributed by atoms with Crippen LogP contribution >= 0.6 is 0 Å². The molecule has 0 unspecified atom stereocenters. The Morgan fingerprint density at radius 2 is 1.64 bits per heavy atom. The number of carbonyl (C=O) groups excluding carboxylic acids is 1. The number of rotatable bonds is 7. The Bertz CT molecular complexity index is 1110. The number of aryl methyl sites for hydroxylation is 2. The highest BCUT2D eigenvalue weighted by atomic mass is 32.2. The monoisotopic (exact) mass is 474 g/mol. The molecule has 1 fully saturated rings. The molecule has 33 heavy (non-hydrogen) atoms. The number of carbonyl (C=O) groups is 1. The van der Waals surface area contributed by atoms with Crippen LogP contribution in [0.15, 0.2) is 41.3 Å². The maximum atomic E-state index is 13.5. The normalized spacial score (nSPS) is 15.5. The van der Waals surface area contributed by atoms with E-state index in [1.54, 1.807) is 6.07 Å². The average molecular weight is 475 g/mol. The van der Waals surface area contributed by atoms with Gasteiger partial charge in [-0.2, -0.15) is 4.31 Å². The molecule has 0 aliphatic carbocycles. The predicted molar refractivity (Wildman–Crippen MR) is 130 cm³/mol. The quantitative estimate of drug-likeness (QED) is 0.602. The van der Waals surface area contributed by atoms with Crippen molar-refractivity contribution < 1.29 is 22.7 Å². The third kappa shape index (κ3) is 5.17. The number of ether oxygens (including phenoxy) is 2. The van der Waals surface area contributed by atoms with Crippen molar-refractivity contribution in [2.45, 2.75) is 51.5 Å². The minimum atomic E-state index is -3.70. The number of methoxy groups -OCH3 is 2. The van der Waals surface area contributed by atoms with Crippen LogP contribution in [0.1, 0.15) is 37.8 Å². The number of nitrogens with zero attached hydrogens (tertiary/aromatic N) is 2. The summed E-state index contributed by atoms with van der Waals surface area (Å²) >= 11 is 0. The topological polar surface area (TPSA) is 76.2 Å². The van der Waals surface area contributed by atoms with Gasteiger partial charge in [0.25, 0.3) is 0 Å². The van der Waals surface area contributed by atoms with Crippen molar-refractivity contribution in [3.63, 3.8) is 0 Å². The molecule has 1 saturated heterocycles. The Morgan fingerprint density at radius 3 is 2.18 bits per heavy atom. The molecule has 0 bridgehead atoms. The second-order valence-electron chi connectivity index (χ2n) is 8.79. The molecule has 1 aliphatic heterocycles. The fourth-order valence-electron chi connectivity index (χ4n) is 4.39. The number of sulfonamides is 1. The van der Waals surface area contributed by atoms with Crippen molar-refractivity contribution in [3.05, 3.63) is 47.5 Å². The van der Waals surface area contributed by atoms with Crippen LogP contribution in [0, 0.1) is 19.8 Å². The van der Waals surface area contributed by atoms with E-state index in [1.807, 2.05) is 44.7 Å². The van der Waals surface area contributed by atoms with Gasteiger partial charge in [0, 0.05) is 36.8 Å². The zero-order chi connectivity index (χ0) is 24.3. The van der Waals surface area contributed by atoms with E-state index < -0.39 is 10.0 Å². The molecular formula is C25H34N2O5S. The molecule has 2 aromatic rings. The Morgan fingerprint density at radius 1 is 1.00 bits per heavy atom. The Labute approximate surface area is 197 Å². The van der Waals surface area contributed by atoms with Crippen LogP contribution in [0.25, 0.3) is 0 Å². The van der Waals surface area contributed by atoms with Crippen LogP contribution in [0.3, 0.4) is 0 Å². The first-order valence-corrected chi connectivity index (χ1v) is 12.7. The summed E-state index contributed by atoms with van der Waals surface area (Å²) in [6.07, 6.45) is 0.971. The summed E-state index contributed by atoms with van der Waals surface area (Å²) in [5.41, 5.74) is 3.13. The van der Waals surface area contributed by atoms with E-state index in [4.69, 9.17) is 9.47 Å². The molecule has 1 aliphatic rings. The predicted octanol–water partition coefficient (Wildman–Crippen LogP) is 4.16. The van der Waals surface area contributed by atoms with Gasteiger partial charge in [0.2, 0.25) is 15.9 Å². The highest BCUT2D eigenvalue weighted by Crippen LogP contribution is 2.33. The van der Waals surface area contributed by atoms with Crippen LogP contribution in [0.5, 0.6) is 11.5 Å². The van der Waals surface area contributed by atoms with Gasteiger partial charge in [0.15, 0.2) is 11.5 Å². The maximum absolute atomic E-state index is 13.5. The van der Waals surface area contributed by atoms with Crippen molar-refractivity contribution in [2.24, 2.45) is 5.92 Å². The van der Waals surface area contributed by atoms with Gasteiger partial charge in [-0.15, -0.1) is 0 Å². The lowest BCUT2D eigenvalue weighted by Gasteiger charge is -2.36. The van der Waals surface area contributed by atoms with Crippen molar-refractivity contribution >= 4 is 21.6 Å². The van der Waals surface area contributed by atoms with Gasteiger partial charge in [0.05, 0.1) is 19.1 Å². The fraction of sp³-hybridized carbons (Fsp3) is 0.480. The van der Waals surface area contributed by atoms with Crippen molar-refractivity contribution in [2.75, 3.05) is 32.2 Å². The minimum absolute atomic E-state index is 0.00688. The molecule has 8 heteroatoms. The van der Waals surface area contributed by atoms with E-state index in [0.717, 1.165) is 16.8 Å². The molecule has 0 atom stereocenters. The smallest absolute Gasteiger partial charge is 0.243 e. The number of amides is 1. The standard InChI is InChI=1S/C25H34N2O5S/c1-17(2)27(22-9-7-18(3)15-19(22)4)25(28)20-11-13-26(14-12-20)33(29,30)21-8-10-23(31-5)24(16-21)32-6/h7-10,15-17,20H,11-14H2,1-6H3. The zero-order valence-corrected chi connectivity index (χ0v) is 21.1. The molecule has 0 radical (unpaired) electrons. The lowest BCUT2D eigenvalue weighted by atomic mass is 9.95.